The fourth-order valence-electron chi connectivity index (χ4n) is 3.51. The standard InChI is InChI=1S/C18H26O3S/c1-19-16-9-8-14(18(20-2)10-5-11-22-13-18)12-17(16)21-15-6-3-4-7-15/h8-9,12,15H,3-7,10-11,13H2,1-2H3. The molecule has 2 aliphatic rings. The highest BCUT2D eigenvalue weighted by Gasteiger charge is 2.35. The summed E-state index contributed by atoms with van der Waals surface area (Å²) in [4.78, 5) is 0. The zero-order valence-electron chi connectivity index (χ0n) is 13.6. The molecule has 3 rings (SSSR count). The Balaban J connectivity index is 1.87. The normalized spacial score (nSPS) is 26.1. The van der Waals surface area contributed by atoms with Crippen molar-refractivity contribution in [2.75, 3.05) is 25.7 Å². The van der Waals surface area contributed by atoms with Crippen molar-refractivity contribution in [2.24, 2.45) is 0 Å². The van der Waals surface area contributed by atoms with E-state index < -0.39 is 0 Å². The van der Waals surface area contributed by atoms with Gasteiger partial charge in [-0.15, -0.1) is 0 Å². The third-order valence-electron chi connectivity index (χ3n) is 4.88. The Morgan fingerprint density at radius 2 is 1.91 bits per heavy atom. The summed E-state index contributed by atoms with van der Waals surface area (Å²) in [5.74, 6) is 3.94. The topological polar surface area (TPSA) is 27.7 Å². The first kappa shape index (κ1) is 16.0. The molecule has 1 saturated heterocycles. The summed E-state index contributed by atoms with van der Waals surface area (Å²) < 4.78 is 17.7. The van der Waals surface area contributed by atoms with Gasteiger partial charge >= 0.3 is 0 Å². The molecule has 0 bridgehead atoms. The Bertz CT molecular complexity index is 491. The molecule has 0 N–H and O–H groups in total. The fourth-order valence-corrected chi connectivity index (χ4v) is 4.76. The molecule has 1 heterocycles. The summed E-state index contributed by atoms with van der Waals surface area (Å²) in [6.07, 6.45) is 7.45. The van der Waals surface area contributed by atoms with Crippen molar-refractivity contribution < 1.29 is 14.2 Å². The van der Waals surface area contributed by atoms with E-state index in [4.69, 9.17) is 14.2 Å². The molecule has 1 aliphatic heterocycles. The van der Waals surface area contributed by atoms with E-state index in [1.54, 1.807) is 7.11 Å². The maximum atomic E-state index is 6.23. The number of ether oxygens (including phenoxy) is 3. The SMILES string of the molecule is COc1ccc(C2(OC)CCCSC2)cc1OC1CCCC1. The van der Waals surface area contributed by atoms with Crippen molar-refractivity contribution >= 4 is 11.8 Å². The average molecular weight is 322 g/mol. The van der Waals surface area contributed by atoms with Gasteiger partial charge in [-0.3, -0.25) is 0 Å². The largest absolute Gasteiger partial charge is 0.493 e. The Morgan fingerprint density at radius 3 is 2.55 bits per heavy atom. The van der Waals surface area contributed by atoms with Crippen LogP contribution in [0.15, 0.2) is 18.2 Å². The van der Waals surface area contributed by atoms with Crippen molar-refractivity contribution in [1.82, 2.24) is 0 Å². The number of rotatable bonds is 5. The molecule has 3 nitrogen and oxygen atoms in total. The highest BCUT2D eigenvalue weighted by atomic mass is 32.2. The van der Waals surface area contributed by atoms with E-state index >= 15 is 0 Å². The van der Waals surface area contributed by atoms with Gasteiger partial charge < -0.3 is 14.2 Å². The van der Waals surface area contributed by atoms with Crippen LogP contribution in [0, 0.1) is 0 Å². The Morgan fingerprint density at radius 1 is 1.09 bits per heavy atom. The van der Waals surface area contributed by atoms with Crippen LogP contribution in [-0.2, 0) is 10.3 Å². The molecule has 22 heavy (non-hydrogen) atoms. The lowest BCUT2D eigenvalue weighted by Crippen LogP contribution is -2.34. The smallest absolute Gasteiger partial charge is 0.161 e. The van der Waals surface area contributed by atoms with Gasteiger partial charge in [-0.1, -0.05) is 6.07 Å². The van der Waals surface area contributed by atoms with E-state index in [2.05, 4.69) is 12.1 Å². The van der Waals surface area contributed by atoms with Gasteiger partial charge in [0.1, 0.15) is 5.60 Å². The monoisotopic (exact) mass is 322 g/mol. The quantitative estimate of drug-likeness (QED) is 0.804. The highest BCUT2D eigenvalue weighted by molar-refractivity contribution is 7.99. The van der Waals surface area contributed by atoms with Gasteiger partial charge in [0.25, 0.3) is 0 Å². The zero-order valence-corrected chi connectivity index (χ0v) is 14.4. The number of hydrogen-bond donors (Lipinski definition) is 0. The summed E-state index contributed by atoms with van der Waals surface area (Å²) in [5, 5.41) is 0. The summed E-state index contributed by atoms with van der Waals surface area (Å²) >= 11 is 1.97. The second-order valence-corrected chi connectivity index (χ2v) is 7.35. The van der Waals surface area contributed by atoms with Gasteiger partial charge in [0.2, 0.25) is 0 Å². The number of methoxy groups -OCH3 is 2. The Labute approximate surface area is 137 Å². The Kier molecular flexibility index (Phi) is 5.19. The maximum absolute atomic E-state index is 6.23. The molecule has 2 fully saturated rings. The number of benzene rings is 1. The van der Waals surface area contributed by atoms with Crippen molar-refractivity contribution in [3.8, 4) is 11.5 Å². The van der Waals surface area contributed by atoms with E-state index in [0.29, 0.717) is 6.10 Å². The molecular weight excluding hydrogens is 296 g/mol. The molecule has 1 aliphatic carbocycles. The third-order valence-corrected chi connectivity index (χ3v) is 6.13. The second kappa shape index (κ2) is 7.14. The average Bonchev–Trinajstić information content (AvgIpc) is 3.08. The predicted molar refractivity (Wildman–Crippen MR) is 91.1 cm³/mol. The predicted octanol–water partition coefficient (Wildman–Crippen LogP) is 4.39. The van der Waals surface area contributed by atoms with E-state index in [1.807, 2.05) is 24.9 Å². The van der Waals surface area contributed by atoms with Crippen molar-refractivity contribution in [3.05, 3.63) is 23.8 Å². The fraction of sp³-hybridized carbons (Fsp3) is 0.667. The minimum absolute atomic E-state index is 0.178. The van der Waals surface area contributed by atoms with Crippen molar-refractivity contribution in [1.29, 1.82) is 0 Å². The molecule has 0 radical (unpaired) electrons. The van der Waals surface area contributed by atoms with Crippen LogP contribution in [0.2, 0.25) is 0 Å². The molecule has 1 atom stereocenters. The molecule has 0 spiro atoms. The molecule has 4 heteroatoms. The highest BCUT2D eigenvalue weighted by Crippen LogP contribution is 2.42. The van der Waals surface area contributed by atoms with Crippen LogP contribution in [0.25, 0.3) is 0 Å². The third kappa shape index (κ3) is 3.23. The summed E-state index contributed by atoms with van der Waals surface area (Å²) in [7, 11) is 3.53. The molecule has 0 aromatic heterocycles. The molecule has 122 valence electrons. The molecule has 1 aromatic rings. The Hall–Kier alpha value is -0.870. The van der Waals surface area contributed by atoms with Crippen LogP contribution in [0.4, 0.5) is 0 Å². The van der Waals surface area contributed by atoms with Crippen LogP contribution in [0.5, 0.6) is 11.5 Å². The zero-order chi connectivity index (χ0) is 15.4. The second-order valence-electron chi connectivity index (χ2n) is 6.24. The molecule has 1 unspecified atom stereocenters. The first-order valence-electron chi connectivity index (χ1n) is 8.25. The number of hydrogen-bond acceptors (Lipinski definition) is 4. The van der Waals surface area contributed by atoms with E-state index in [-0.39, 0.29) is 5.60 Å². The van der Waals surface area contributed by atoms with E-state index in [9.17, 15) is 0 Å². The van der Waals surface area contributed by atoms with Gasteiger partial charge in [-0.2, -0.15) is 11.8 Å². The minimum Gasteiger partial charge on any atom is -0.493 e. The summed E-state index contributed by atoms with van der Waals surface area (Å²) in [5.41, 5.74) is 1.04. The molecule has 1 saturated carbocycles. The van der Waals surface area contributed by atoms with Gasteiger partial charge in [0.15, 0.2) is 11.5 Å². The van der Waals surface area contributed by atoms with Gasteiger partial charge in [-0.25, -0.2) is 0 Å². The summed E-state index contributed by atoms with van der Waals surface area (Å²) in [6, 6.07) is 6.31. The summed E-state index contributed by atoms with van der Waals surface area (Å²) in [6.45, 7) is 0. The molecular formula is C18H26O3S. The lowest BCUT2D eigenvalue weighted by Gasteiger charge is -2.36. The van der Waals surface area contributed by atoms with Gasteiger partial charge in [0, 0.05) is 12.9 Å². The van der Waals surface area contributed by atoms with Crippen LogP contribution in [-0.4, -0.2) is 31.8 Å². The lowest BCUT2D eigenvalue weighted by atomic mass is 9.90. The van der Waals surface area contributed by atoms with E-state index in [0.717, 1.165) is 36.5 Å². The molecule has 1 aromatic carbocycles. The first-order valence-corrected chi connectivity index (χ1v) is 9.41. The van der Waals surface area contributed by atoms with Crippen LogP contribution >= 0.6 is 11.8 Å². The lowest BCUT2D eigenvalue weighted by molar-refractivity contribution is -0.00403. The first-order chi connectivity index (χ1) is 10.8. The molecule has 0 amide bonds. The van der Waals surface area contributed by atoms with Crippen LogP contribution in [0.3, 0.4) is 0 Å². The van der Waals surface area contributed by atoms with Gasteiger partial charge in [0.05, 0.1) is 13.2 Å². The number of thioether (sulfide) groups is 1. The van der Waals surface area contributed by atoms with E-state index in [1.165, 1.54) is 30.6 Å². The van der Waals surface area contributed by atoms with Gasteiger partial charge in [-0.05, 0) is 62.0 Å². The van der Waals surface area contributed by atoms with Crippen LogP contribution < -0.4 is 9.47 Å². The van der Waals surface area contributed by atoms with Crippen LogP contribution in [0.1, 0.15) is 44.1 Å². The minimum atomic E-state index is -0.178. The van der Waals surface area contributed by atoms with Crippen molar-refractivity contribution in [2.45, 2.75) is 50.2 Å². The maximum Gasteiger partial charge on any atom is 0.161 e. The van der Waals surface area contributed by atoms with Crippen molar-refractivity contribution in [3.63, 3.8) is 0 Å².